The predicted molar refractivity (Wildman–Crippen MR) is 127 cm³/mol. The normalized spacial score (nSPS) is 19.7. The number of carbonyl (C=O) groups excluding carboxylic acids is 3. The van der Waals surface area contributed by atoms with Crippen LogP contribution in [0.1, 0.15) is 38.4 Å². The second kappa shape index (κ2) is 8.43. The lowest BCUT2D eigenvalue weighted by atomic mass is 10.1. The van der Waals surface area contributed by atoms with Crippen molar-refractivity contribution in [3.8, 4) is 0 Å². The van der Waals surface area contributed by atoms with Gasteiger partial charge in [-0.3, -0.25) is 14.4 Å². The molecule has 2 aliphatic rings. The van der Waals surface area contributed by atoms with E-state index in [1.165, 1.54) is 0 Å². The third kappa shape index (κ3) is 4.05. The number of anilines is 1. The Morgan fingerprint density at radius 2 is 1.82 bits per heavy atom. The minimum atomic E-state index is -0.619. The number of benzene rings is 2. The number of rotatable bonds is 4. The van der Waals surface area contributed by atoms with E-state index in [1.54, 1.807) is 47.0 Å². The van der Waals surface area contributed by atoms with Crippen molar-refractivity contribution >= 4 is 35.6 Å². The van der Waals surface area contributed by atoms with Gasteiger partial charge in [0.15, 0.2) is 0 Å². The van der Waals surface area contributed by atoms with E-state index in [-0.39, 0.29) is 30.3 Å². The van der Waals surface area contributed by atoms with Gasteiger partial charge >= 0.3 is 0 Å². The molecule has 3 amide bonds. The summed E-state index contributed by atoms with van der Waals surface area (Å²) < 4.78 is 1.74. The van der Waals surface area contributed by atoms with Crippen LogP contribution in [0.3, 0.4) is 0 Å². The smallest absolute Gasteiger partial charge is 0.268 e. The number of hydrogen-bond acceptors (Lipinski definition) is 3. The minimum absolute atomic E-state index is 0.209. The van der Waals surface area contributed by atoms with Crippen molar-refractivity contribution in [1.29, 1.82) is 0 Å². The highest BCUT2D eigenvalue weighted by Crippen LogP contribution is 2.30. The van der Waals surface area contributed by atoms with Crippen molar-refractivity contribution < 1.29 is 14.4 Å². The van der Waals surface area contributed by atoms with Gasteiger partial charge in [-0.1, -0.05) is 48.6 Å². The Balaban J connectivity index is 1.36. The van der Waals surface area contributed by atoms with Crippen LogP contribution in [0.4, 0.5) is 5.69 Å². The van der Waals surface area contributed by atoms with E-state index in [1.807, 2.05) is 48.6 Å². The maximum absolute atomic E-state index is 13.4. The lowest BCUT2D eigenvalue weighted by Gasteiger charge is -2.20. The van der Waals surface area contributed by atoms with Crippen molar-refractivity contribution in [3.05, 3.63) is 89.2 Å². The molecule has 1 saturated heterocycles. The standard InChI is InChI=1S/C26H24N4O3/c1-29-13-5-8-22(29)24(31)27-19-15-23-25(32)28-21-12-11-18(10-9-17-6-3-2-4-7-17)14-20(21)26(33)30(23)16-19/h2-14,19,23H,15-16H2,1H3,(H,27,31)(H,28,32)/t19-,23-/m1/s1. The molecule has 1 aromatic heterocycles. The van der Waals surface area contributed by atoms with Crippen LogP contribution < -0.4 is 10.6 Å². The third-order valence-electron chi connectivity index (χ3n) is 6.18. The Hall–Kier alpha value is -4.13. The van der Waals surface area contributed by atoms with E-state index in [2.05, 4.69) is 10.6 Å². The van der Waals surface area contributed by atoms with Crippen LogP contribution in [-0.2, 0) is 11.8 Å². The first-order chi connectivity index (χ1) is 16.0. The van der Waals surface area contributed by atoms with E-state index in [0.717, 1.165) is 11.1 Å². The molecule has 3 heterocycles. The van der Waals surface area contributed by atoms with Crippen LogP contribution in [0.15, 0.2) is 66.9 Å². The maximum atomic E-state index is 13.4. The Morgan fingerprint density at radius 3 is 2.58 bits per heavy atom. The molecule has 0 aliphatic carbocycles. The molecular weight excluding hydrogens is 416 g/mol. The number of hydrogen-bond donors (Lipinski definition) is 2. The first kappa shape index (κ1) is 20.8. The maximum Gasteiger partial charge on any atom is 0.268 e. The van der Waals surface area contributed by atoms with Gasteiger partial charge in [0.1, 0.15) is 11.7 Å². The molecule has 0 unspecified atom stereocenters. The van der Waals surface area contributed by atoms with E-state index < -0.39 is 6.04 Å². The van der Waals surface area contributed by atoms with Crippen LogP contribution >= 0.6 is 0 Å². The second-order valence-corrected chi connectivity index (χ2v) is 8.42. The monoisotopic (exact) mass is 440 g/mol. The molecule has 0 bridgehead atoms. The number of nitrogens with one attached hydrogen (secondary N) is 2. The second-order valence-electron chi connectivity index (χ2n) is 8.42. The van der Waals surface area contributed by atoms with Gasteiger partial charge in [-0.25, -0.2) is 0 Å². The van der Waals surface area contributed by atoms with Crippen molar-refractivity contribution in [3.63, 3.8) is 0 Å². The number of fused-ring (bicyclic) bond motifs is 2. The highest BCUT2D eigenvalue weighted by atomic mass is 16.2. The molecular formula is C26H24N4O3. The first-order valence-corrected chi connectivity index (χ1v) is 10.9. The fraction of sp³-hybridized carbons (Fsp3) is 0.192. The fourth-order valence-corrected chi connectivity index (χ4v) is 4.45. The van der Waals surface area contributed by atoms with Crippen molar-refractivity contribution in [2.75, 3.05) is 11.9 Å². The minimum Gasteiger partial charge on any atom is -0.347 e. The van der Waals surface area contributed by atoms with Crippen LogP contribution in [0.2, 0.25) is 0 Å². The largest absolute Gasteiger partial charge is 0.347 e. The summed E-state index contributed by atoms with van der Waals surface area (Å²) in [5.41, 5.74) is 3.43. The lowest BCUT2D eigenvalue weighted by molar-refractivity contribution is -0.119. The number of amides is 3. The molecule has 5 rings (SSSR count). The van der Waals surface area contributed by atoms with Gasteiger partial charge in [0, 0.05) is 25.8 Å². The number of nitrogens with zero attached hydrogens (tertiary/aromatic N) is 2. The highest BCUT2D eigenvalue weighted by Gasteiger charge is 2.43. The summed E-state index contributed by atoms with van der Waals surface area (Å²) in [6, 6.07) is 18.0. The van der Waals surface area contributed by atoms with Crippen LogP contribution in [0.5, 0.6) is 0 Å². The molecule has 7 heteroatoms. The molecule has 0 saturated carbocycles. The molecule has 2 aliphatic heterocycles. The molecule has 3 aromatic rings. The quantitative estimate of drug-likeness (QED) is 0.612. The molecule has 1 fully saturated rings. The molecule has 7 nitrogen and oxygen atoms in total. The summed E-state index contributed by atoms with van der Waals surface area (Å²) in [6.07, 6.45) is 6.10. The highest BCUT2D eigenvalue weighted by molar-refractivity contribution is 6.10. The van der Waals surface area contributed by atoms with Gasteiger partial charge < -0.3 is 20.1 Å². The van der Waals surface area contributed by atoms with Crippen LogP contribution in [0, 0.1) is 0 Å². The summed E-state index contributed by atoms with van der Waals surface area (Å²) in [6.45, 7) is 0.288. The van der Waals surface area contributed by atoms with Gasteiger partial charge in [0.2, 0.25) is 5.91 Å². The van der Waals surface area contributed by atoms with E-state index in [4.69, 9.17) is 0 Å². The average molecular weight is 441 g/mol. The number of aryl methyl sites for hydroxylation is 1. The van der Waals surface area contributed by atoms with Crippen molar-refractivity contribution in [1.82, 2.24) is 14.8 Å². The predicted octanol–water partition coefficient (Wildman–Crippen LogP) is 3.16. The van der Waals surface area contributed by atoms with Gasteiger partial charge in [-0.05, 0) is 41.8 Å². The molecule has 166 valence electrons. The zero-order chi connectivity index (χ0) is 22.9. The SMILES string of the molecule is Cn1cccc1C(=O)N[C@@H]1C[C@@H]2C(=O)Nc3ccc(C=Cc4ccccc4)cc3C(=O)N2C1. The molecule has 2 aromatic carbocycles. The number of carbonyl (C=O) groups is 3. The summed E-state index contributed by atoms with van der Waals surface area (Å²) in [4.78, 5) is 40.5. The zero-order valence-electron chi connectivity index (χ0n) is 18.2. The summed E-state index contributed by atoms with van der Waals surface area (Å²) >= 11 is 0. The summed E-state index contributed by atoms with van der Waals surface area (Å²) in [7, 11) is 1.80. The molecule has 0 radical (unpaired) electrons. The van der Waals surface area contributed by atoms with Crippen molar-refractivity contribution in [2.45, 2.75) is 18.5 Å². The Bertz CT molecular complexity index is 1260. The molecule has 2 N–H and O–H groups in total. The van der Waals surface area contributed by atoms with Gasteiger partial charge in [-0.15, -0.1) is 0 Å². The van der Waals surface area contributed by atoms with E-state index >= 15 is 0 Å². The average Bonchev–Trinajstić information content (AvgIpc) is 3.42. The fourth-order valence-electron chi connectivity index (χ4n) is 4.45. The molecule has 0 spiro atoms. The Labute approximate surface area is 191 Å². The first-order valence-electron chi connectivity index (χ1n) is 10.9. The van der Waals surface area contributed by atoms with Gasteiger partial charge in [0.25, 0.3) is 11.8 Å². The summed E-state index contributed by atoms with van der Waals surface area (Å²) in [5, 5.41) is 5.86. The zero-order valence-corrected chi connectivity index (χ0v) is 18.2. The van der Waals surface area contributed by atoms with Crippen LogP contribution in [-0.4, -0.2) is 45.8 Å². The summed E-state index contributed by atoms with van der Waals surface area (Å²) in [5.74, 6) is -0.657. The molecule has 33 heavy (non-hydrogen) atoms. The lowest BCUT2D eigenvalue weighted by Crippen LogP contribution is -2.41. The van der Waals surface area contributed by atoms with E-state index in [9.17, 15) is 14.4 Å². The van der Waals surface area contributed by atoms with E-state index in [0.29, 0.717) is 23.4 Å². The Kier molecular flexibility index (Phi) is 5.30. The third-order valence-corrected chi connectivity index (χ3v) is 6.18. The van der Waals surface area contributed by atoms with Crippen molar-refractivity contribution in [2.24, 2.45) is 7.05 Å². The Morgan fingerprint density at radius 1 is 1.03 bits per heavy atom. The molecule has 2 atom stereocenters. The van der Waals surface area contributed by atoms with Gasteiger partial charge in [-0.2, -0.15) is 0 Å². The number of aromatic nitrogens is 1. The van der Waals surface area contributed by atoms with Crippen LogP contribution in [0.25, 0.3) is 12.2 Å². The van der Waals surface area contributed by atoms with Gasteiger partial charge in [0.05, 0.1) is 11.3 Å². The topological polar surface area (TPSA) is 83.4 Å².